The smallest absolute Gasteiger partial charge is 0.209 e. The molecule has 0 amide bonds. The zero-order valence-electron chi connectivity index (χ0n) is 12.0. The third kappa shape index (κ3) is 7.46. The Labute approximate surface area is 119 Å². The predicted octanol–water partition coefficient (Wildman–Crippen LogP) is -0.0471. The third-order valence-corrected chi connectivity index (χ3v) is 3.51. The van der Waals surface area contributed by atoms with Gasteiger partial charge in [-0.3, -0.25) is 0 Å². The number of ether oxygens (including phenoxy) is 1. The topological polar surface area (TPSA) is 68.1 Å². The first-order valence-electron chi connectivity index (χ1n) is 6.47. The first kappa shape index (κ1) is 16.4. The minimum Gasteiger partial charge on any atom is -0.383 e. The molecule has 0 bridgehead atoms. The van der Waals surface area contributed by atoms with Crippen LogP contribution in [0.2, 0.25) is 0 Å². The molecule has 1 N–H and O–H groups in total. The van der Waals surface area contributed by atoms with Crippen LogP contribution in [0.25, 0.3) is 0 Å². The van der Waals surface area contributed by atoms with Gasteiger partial charge in [-0.15, -0.1) is 5.10 Å². The van der Waals surface area contributed by atoms with Crippen LogP contribution in [0.3, 0.4) is 0 Å². The van der Waals surface area contributed by atoms with Crippen LogP contribution >= 0.6 is 11.8 Å². The molecule has 0 aliphatic heterocycles. The summed E-state index contributed by atoms with van der Waals surface area (Å²) in [5.74, 6) is 1.04. The number of rotatable bonds is 11. The van der Waals surface area contributed by atoms with Crippen molar-refractivity contribution in [2.24, 2.45) is 0 Å². The summed E-state index contributed by atoms with van der Waals surface area (Å²) in [5, 5.41) is 16.0. The standard InChI is InChI=1S/C11H24N6OS/c1-16(2)7-4-10-19-11-13-14-15-17(11)8-5-12-6-9-18-3/h12H,4-10H2,1-3H3. The molecule has 0 saturated heterocycles. The van der Waals surface area contributed by atoms with Crippen molar-refractivity contribution in [1.82, 2.24) is 30.4 Å². The summed E-state index contributed by atoms with van der Waals surface area (Å²) in [6, 6.07) is 0. The Bertz CT molecular complexity index is 333. The molecule has 0 radical (unpaired) electrons. The first-order chi connectivity index (χ1) is 9.24. The molecule has 0 aromatic carbocycles. The highest BCUT2D eigenvalue weighted by atomic mass is 32.2. The van der Waals surface area contributed by atoms with E-state index in [1.54, 1.807) is 18.9 Å². The highest BCUT2D eigenvalue weighted by molar-refractivity contribution is 7.99. The SMILES string of the molecule is COCCNCCn1nnnc1SCCCN(C)C. The van der Waals surface area contributed by atoms with Gasteiger partial charge in [0.2, 0.25) is 5.16 Å². The van der Waals surface area contributed by atoms with Crippen molar-refractivity contribution in [2.75, 3.05) is 53.2 Å². The minimum absolute atomic E-state index is 0.724. The Kier molecular flexibility index (Phi) is 8.72. The second kappa shape index (κ2) is 10.1. The minimum atomic E-state index is 0.724. The van der Waals surface area contributed by atoms with Gasteiger partial charge in [0, 0.05) is 26.0 Å². The molecule has 0 atom stereocenters. The van der Waals surface area contributed by atoms with Crippen LogP contribution in [0, 0.1) is 0 Å². The van der Waals surface area contributed by atoms with Gasteiger partial charge in [0.05, 0.1) is 13.2 Å². The van der Waals surface area contributed by atoms with E-state index in [1.807, 2.05) is 4.68 Å². The van der Waals surface area contributed by atoms with Crippen LogP contribution in [0.4, 0.5) is 0 Å². The maximum absolute atomic E-state index is 4.97. The maximum atomic E-state index is 4.97. The molecular formula is C11H24N6OS. The molecule has 8 heteroatoms. The molecule has 0 fully saturated rings. The highest BCUT2D eigenvalue weighted by Crippen LogP contribution is 2.14. The van der Waals surface area contributed by atoms with Crippen molar-refractivity contribution < 1.29 is 4.74 Å². The van der Waals surface area contributed by atoms with Gasteiger partial charge in [-0.2, -0.15) is 0 Å². The fraction of sp³-hybridized carbons (Fsp3) is 0.909. The summed E-state index contributed by atoms with van der Waals surface area (Å²) in [6.45, 7) is 4.30. The Morgan fingerprint density at radius 3 is 2.95 bits per heavy atom. The quantitative estimate of drug-likeness (QED) is 0.452. The Balaban J connectivity index is 2.18. The molecule has 0 aliphatic rings. The van der Waals surface area contributed by atoms with Crippen molar-refractivity contribution in [2.45, 2.75) is 18.1 Å². The number of nitrogens with one attached hydrogen (secondary N) is 1. The van der Waals surface area contributed by atoms with Gasteiger partial charge >= 0.3 is 0 Å². The normalized spacial score (nSPS) is 11.4. The summed E-state index contributed by atoms with van der Waals surface area (Å²) in [4.78, 5) is 2.18. The van der Waals surface area contributed by atoms with Crippen molar-refractivity contribution in [1.29, 1.82) is 0 Å². The number of tetrazole rings is 1. The van der Waals surface area contributed by atoms with E-state index in [2.05, 4.69) is 39.8 Å². The van der Waals surface area contributed by atoms with Crippen molar-refractivity contribution in [3.05, 3.63) is 0 Å². The lowest BCUT2D eigenvalue weighted by molar-refractivity contribution is 0.199. The Morgan fingerprint density at radius 2 is 2.21 bits per heavy atom. The molecule has 0 unspecified atom stereocenters. The fourth-order valence-electron chi connectivity index (χ4n) is 1.47. The summed E-state index contributed by atoms with van der Waals surface area (Å²) < 4.78 is 6.82. The summed E-state index contributed by atoms with van der Waals surface area (Å²) in [6.07, 6.45) is 1.14. The van der Waals surface area contributed by atoms with E-state index in [0.717, 1.165) is 50.1 Å². The average Bonchev–Trinajstić information content (AvgIpc) is 2.82. The fourth-order valence-corrected chi connectivity index (χ4v) is 2.30. The van der Waals surface area contributed by atoms with E-state index >= 15 is 0 Å². The number of hydrogen-bond donors (Lipinski definition) is 1. The molecule has 19 heavy (non-hydrogen) atoms. The average molecular weight is 288 g/mol. The maximum Gasteiger partial charge on any atom is 0.209 e. The van der Waals surface area contributed by atoms with E-state index in [4.69, 9.17) is 4.74 Å². The van der Waals surface area contributed by atoms with Crippen LogP contribution in [0.5, 0.6) is 0 Å². The number of aromatic nitrogens is 4. The molecule has 7 nitrogen and oxygen atoms in total. The lowest BCUT2D eigenvalue weighted by Crippen LogP contribution is -2.24. The van der Waals surface area contributed by atoms with Gasteiger partial charge in [-0.25, -0.2) is 4.68 Å². The summed E-state index contributed by atoms with van der Waals surface area (Å²) >= 11 is 1.71. The summed E-state index contributed by atoms with van der Waals surface area (Å²) in [5.41, 5.74) is 0. The van der Waals surface area contributed by atoms with Gasteiger partial charge in [-0.1, -0.05) is 11.8 Å². The predicted molar refractivity (Wildman–Crippen MR) is 76.5 cm³/mol. The first-order valence-corrected chi connectivity index (χ1v) is 7.46. The zero-order valence-corrected chi connectivity index (χ0v) is 12.8. The molecular weight excluding hydrogens is 264 g/mol. The molecule has 0 saturated carbocycles. The lowest BCUT2D eigenvalue weighted by Gasteiger charge is -2.08. The summed E-state index contributed by atoms with van der Waals surface area (Å²) in [7, 11) is 5.87. The lowest BCUT2D eigenvalue weighted by atomic mass is 10.5. The van der Waals surface area contributed by atoms with Gasteiger partial charge in [0.25, 0.3) is 0 Å². The van der Waals surface area contributed by atoms with Crippen molar-refractivity contribution in [3.63, 3.8) is 0 Å². The Hall–Kier alpha value is -0.700. The monoisotopic (exact) mass is 288 g/mol. The molecule has 1 aromatic rings. The molecule has 110 valence electrons. The van der Waals surface area contributed by atoms with E-state index in [-0.39, 0.29) is 0 Å². The number of methoxy groups -OCH3 is 1. The molecule has 1 rings (SSSR count). The Morgan fingerprint density at radius 1 is 1.37 bits per heavy atom. The largest absolute Gasteiger partial charge is 0.383 e. The van der Waals surface area contributed by atoms with E-state index in [1.165, 1.54) is 0 Å². The molecule has 0 aliphatic carbocycles. The van der Waals surface area contributed by atoms with Gasteiger partial charge in [0.1, 0.15) is 0 Å². The molecule has 1 aromatic heterocycles. The van der Waals surface area contributed by atoms with E-state index < -0.39 is 0 Å². The van der Waals surface area contributed by atoms with E-state index in [0.29, 0.717) is 0 Å². The second-order valence-electron chi connectivity index (χ2n) is 4.43. The highest BCUT2D eigenvalue weighted by Gasteiger charge is 2.06. The molecule has 1 heterocycles. The third-order valence-electron chi connectivity index (χ3n) is 2.46. The number of hydrogen-bond acceptors (Lipinski definition) is 7. The number of nitrogens with zero attached hydrogens (tertiary/aromatic N) is 5. The van der Waals surface area contributed by atoms with Crippen LogP contribution in [0.1, 0.15) is 6.42 Å². The molecule has 0 spiro atoms. The van der Waals surface area contributed by atoms with Crippen LogP contribution in [-0.2, 0) is 11.3 Å². The van der Waals surface area contributed by atoms with Gasteiger partial charge in [0.15, 0.2) is 0 Å². The van der Waals surface area contributed by atoms with Crippen LogP contribution in [0.15, 0.2) is 5.16 Å². The van der Waals surface area contributed by atoms with Gasteiger partial charge in [-0.05, 0) is 37.5 Å². The van der Waals surface area contributed by atoms with Crippen LogP contribution in [-0.4, -0.2) is 78.3 Å². The van der Waals surface area contributed by atoms with Crippen molar-refractivity contribution >= 4 is 11.8 Å². The second-order valence-corrected chi connectivity index (χ2v) is 5.49. The number of thioether (sulfide) groups is 1. The van der Waals surface area contributed by atoms with Gasteiger partial charge < -0.3 is 15.0 Å². The zero-order chi connectivity index (χ0) is 13.9. The van der Waals surface area contributed by atoms with Crippen LogP contribution < -0.4 is 5.32 Å². The van der Waals surface area contributed by atoms with Crippen molar-refractivity contribution in [3.8, 4) is 0 Å². The van der Waals surface area contributed by atoms with E-state index in [9.17, 15) is 0 Å².